The highest BCUT2D eigenvalue weighted by molar-refractivity contribution is 6.31. The Morgan fingerprint density at radius 1 is 1.26 bits per heavy atom. The molecule has 1 aromatic carbocycles. The van der Waals surface area contributed by atoms with Crippen molar-refractivity contribution < 1.29 is 9.59 Å². The highest BCUT2D eigenvalue weighted by Crippen LogP contribution is 2.41. The van der Waals surface area contributed by atoms with E-state index in [0.29, 0.717) is 17.9 Å². The van der Waals surface area contributed by atoms with Crippen LogP contribution in [0.3, 0.4) is 0 Å². The summed E-state index contributed by atoms with van der Waals surface area (Å²) >= 11 is 5.95. The maximum atomic E-state index is 12.7. The molecular weight excluding hydrogens is 262 g/mol. The van der Waals surface area contributed by atoms with Crippen LogP contribution >= 0.6 is 11.6 Å². The Bertz CT molecular complexity index is 507. The Morgan fingerprint density at radius 2 is 1.89 bits per heavy atom. The topological polar surface area (TPSA) is 37.4 Å². The fourth-order valence-corrected chi connectivity index (χ4v) is 3.00. The Kier molecular flexibility index (Phi) is 3.95. The number of benzene rings is 1. The summed E-state index contributed by atoms with van der Waals surface area (Å²) in [7, 11) is 1.71. The van der Waals surface area contributed by atoms with Crippen LogP contribution in [0.1, 0.15) is 32.6 Å². The molecule has 1 fully saturated rings. The zero-order valence-electron chi connectivity index (χ0n) is 11.3. The number of nitrogens with zero attached hydrogens (tertiary/aromatic N) is 1. The summed E-state index contributed by atoms with van der Waals surface area (Å²) in [5.74, 6) is -0.136. The molecule has 0 heterocycles. The normalized spacial score (nSPS) is 17.2. The fourth-order valence-electron chi connectivity index (χ4n) is 2.82. The van der Waals surface area contributed by atoms with Gasteiger partial charge < -0.3 is 4.90 Å². The van der Waals surface area contributed by atoms with Gasteiger partial charge in [-0.15, -0.1) is 0 Å². The lowest BCUT2D eigenvalue weighted by atomic mass is 9.80. The first-order chi connectivity index (χ1) is 8.97. The molecule has 1 saturated carbocycles. The zero-order chi connectivity index (χ0) is 14.0. The minimum atomic E-state index is -0.822. The van der Waals surface area contributed by atoms with Crippen LogP contribution in [-0.4, -0.2) is 18.7 Å². The van der Waals surface area contributed by atoms with Crippen molar-refractivity contribution in [1.82, 2.24) is 0 Å². The summed E-state index contributed by atoms with van der Waals surface area (Å²) in [5.41, 5.74) is -0.0955. The molecular formula is C15H18ClNO2. The van der Waals surface area contributed by atoms with E-state index in [2.05, 4.69) is 0 Å². The molecule has 1 amide bonds. The van der Waals surface area contributed by atoms with Crippen LogP contribution in [0.2, 0.25) is 5.02 Å². The van der Waals surface area contributed by atoms with Gasteiger partial charge in [-0.1, -0.05) is 30.5 Å². The van der Waals surface area contributed by atoms with Crippen molar-refractivity contribution in [2.45, 2.75) is 32.6 Å². The summed E-state index contributed by atoms with van der Waals surface area (Å²) in [6.07, 6.45) is 3.20. The lowest BCUT2D eigenvalue weighted by molar-refractivity contribution is -0.138. The van der Waals surface area contributed by atoms with Crippen molar-refractivity contribution >= 4 is 29.0 Å². The number of Topliss-reactive ketones (excluding diaryl/α,β-unsaturated/α-hetero) is 1. The lowest BCUT2D eigenvalue weighted by Crippen LogP contribution is -2.45. The van der Waals surface area contributed by atoms with Crippen molar-refractivity contribution in [3.8, 4) is 0 Å². The number of carbonyl (C=O) groups is 2. The van der Waals surface area contributed by atoms with Gasteiger partial charge in [-0.05, 0) is 38.0 Å². The number of rotatable bonds is 3. The van der Waals surface area contributed by atoms with E-state index in [9.17, 15) is 9.59 Å². The predicted octanol–water partition coefficient (Wildman–Crippen LogP) is 3.45. The third-order valence-corrected chi connectivity index (χ3v) is 4.28. The van der Waals surface area contributed by atoms with Crippen LogP contribution < -0.4 is 4.90 Å². The lowest BCUT2D eigenvalue weighted by Gasteiger charge is -2.30. The molecule has 1 aliphatic rings. The van der Waals surface area contributed by atoms with E-state index >= 15 is 0 Å². The molecule has 0 bridgehead atoms. The minimum Gasteiger partial charge on any atom is -0.315 e. The third-order valence-electron chi connectivity index (χ3n) is 4.04. The molecule has 102 valence electrons. The maximum Gasteiger partial charge on any atom is 0.240 e. The number of anilines is 1. The van der Waals surface area contributed by atoms with Crippen molar-refractivity contribution in [3.63, 3.8) is 0 Å². The summed E-state index contributed by atoms with van der Waals surface area (Å²) in [5, 5.41) is 0.584. The van der Waals surface area contributed by atoms with Gasteiger partial charge in [-0.3, -0.25) is 9.59 Å². The number of halogens is 1. The average molecular weight is 280 g/mol. The quantitative estimate of drug-likeness (QED) is 0.795. The second kappa shape index (κ2) is 5.33. The standard InChI is InChI=1S/C15H18ClNO2/c1-11(18)15(8-3-4-9-15)14(19)17(2)13-7-5-6-12(16)10-13/h5-7,10H,3-4,8-9H2,1-2H3. The van der Waals surface area contributed by atoms with E-state index < -0.39 is 5.41 Å². The molecule has 0 saturated heterocycles. The largest absolute Gasteiger partial charge is 0.315 e. The number of amides is 1. The smallest absolute Gasteiger partial charge is 0.240 e. The van der Waals surface area contributed by atoms with E-state index in [1.807, 2.05) is 6.07 Å². The fraction of sp³-hybridized carbons (Fsp3) is 0.467. The van der Waals surface area contributed by atoms with Crippen LogP contribution in [0.25, 0.3) is 0 Å². The van der Waals surface area contributed by atoms with Crippen molar-refractivity contribution in [2.75, 3.05) is 11.9 Å². The molecule has 1 aromatic rings. The Balaban J connectivity index is 2.30. The van der Waals surface area contributed by atoms with Gasteiger partial charge in [-0.25, -0.2) is 0 Å². The minimum absolute atomic E-state index is 0.0242. The summed E-state index contributed by atoms with van der Waals surface area (Å²) in [6.45, 7) is 1.52. The van der Waals surface area contributed by atoms with Crippen LogP contribution in [-0.2, 0) is 9.59 Å². The predicted molar refractivity (Wildman–Crippen MR) is 76.4 cm³/mol. The molecule has 0 unspecified atom stereocenters. The van der Waals surface area contributed by atoms with Gasteiger partial charge in [0.2, 0.25) is 5.91 Å². The van der Waals surface area contributed by atoms with Gasteiger partial charge >= 0.3 is 0 Å². The van der Waals surface area contributed by atoms with Gasteiger partial charge in [0.15, 0.2) is 0 Å². The summed E-state index contributed by atoms with van der Waals surface area (Å²) in [6, 6.07) is 7.13. The number of hydrogen-bond donors (Lipinski definition) is 0. The second-order valence-electron chi connectivity index (χ2n) is 5.19. The van der Waals surface area contributed by atoms with Crippen molar-refractivity contribution in [2.24, 2.45) is 5.41 Å². The molecule has 0 aliphatic heterocycles. The molecule has 2 rings (SSSR count). The first-order valence-corrected chi connectivity index (χ1v) is 6.90. The molecule has 0 spiro atoms. The number of carbonyl (C=O) groups excluding carboxylic acids is 2. The van der Waals surface area contributed by atoms with Gasteiger partial charge in [-0.2, -0.15) is 0 Å². The van der Waals surface area contributed by atoms with Crippen molar-refractivity contribution in [3.05, 3.63) is 29.3 Å². The number of hydrogen-bond acceptors (Lipinski definition) is 2. The zero-order valence-corrected chi connectivity index (χ0v) is 12.0. The monoisotopic (exact) mass is 279 g/mol. The highest BCUT2D eigenvalue weighted by atomic mass is 35.5. The van der Waals surface area contributed by atoms with Gasteiger partial charge in [0.1, 0.15) is 11.2 Å². The van der Waals surface area contributed by atoms with Crippen LogP contribution in [0.5, 0.6) is 0 Å². The molecule has 0 radical (unpaired) electrons. The van der Waals surface area contributed by atoms with Gasteiger partial charge in [0.25, 0.3) is 0 Å². The molecule has 0 N–H and O–H groups in total. The van der Waals surface area contributed by atoms with Crippen LogP contribution in [0.4, 0.5) is 5.69 Å². The molecule has 3 nitrogen and oxygen atoms in total. The Hall–Kier alpha value is -1.35. The summed E-state index contributed by atoms with van der Waals surface area (Å²) < 4.78 is 0. The Labute approximate surface area is 118 Å². The second-order valence-corrected chi connectivity index (χ2v) is 5.63. The molecule has 0 atom stereocenters. The van der Waals surface area contributed by atoms with E-state index in [1.54, 1.807) is 30.1 Å². The molecule has 0 aromatic heterocycles. The van der Waals surface area contributed by atoms with E-state index in [1.165, 1.54) is 6.92 Å². The first-order valence-electron chi connectivity index (χ1n) is 6.52. The molecule has 1 aliphatic carbocycles. The van der Waals surface area contributed by atoms with E-state index in [4.69, 9.17) is 11.6 Å². The first kappa shape index (κ1) is 14.1. The molecule has 19 heavy (non-hydrogen) atoms. The SMILES string of the molecule is CC(=O)C1(C(=O)N(C)c2cccc(Cl)c2)CCCC1. The van der Waals surface area contributed by atoms with E-state index in [-0.39, 0.29) is 11.7 Å². The van der Waals surface area contributed by atoms with Gasteiger partial charge in [0, 0.05) is 17.8 Å². The summed E-state index contributed by atoms with van der Waals surface area (Å²) in [4.78, 5) is 26.2. The molecule has 4 heteroatoms. The van der Waals surface area contributed by atoms with Crippen LogP contribution in [0, 0.1) is 5.41 Å². The number of ketones is 1. The highest BCUT2D eigenvalue weighted by Gasteiger charge is 2.47. The Morgan fingerprint density at radius 3 is 2.42 bits per heavy atom. The maximum absolute atomic E-state index is 12.7. The van der Waals surface area contributed by atoms with Crippen LogP contribution in [0.15, 0.2) is 24.3 Å². The average Bonchev–Trinajstić information content (AvgIpc) is 2.87. The van der Waals surface area contributed by atoms with Gasteiger partial charge in [0.05, 0.1) is 0 Å². The van der Waals surface area contributed by atoms with E-state index in [0.717, 1.165) is 18.5 Å². The van der Waals surface area contributed by atoms with Crippen molar-refractivity contribution in [1.29, 1.82) is 0 Å². The third kappa shape index (κ3) is 2.52.